The lowest BCUT2D eigenvalue weighted by atomic mass is 10.0. The third kappa shape index (κ3) is 8.83. The number of aromatic nitrogens is 4. The van der Waals surface area contributed by atoms with Crippen LogP contribution >= 0.6 is 11.6 Å². The van der Waals surface area contributed by atoms with Crippen molar-refractivity contribution in [2.75, 3.05) is 27.7 Å². The normalized spacial score (nSPS) is 26.3. The Kier molecular flexibility index (Phi) is 11.5. The molecule has 1 aliphatic carbocycles. The predicted octanol–water partition coefficient (Wildman–Crippen LogP) is 2.36. The quantitative estimate of drug-likeness (QED) is 0.349. The molecule has 3 N–H and O–H groups in total. The van der Waals surface area contributed by atoms with Crippen LogP contribution in [0.1, 0.15) is 71.8 Å². The number of halogens is 1. The van der Waals surface area contributed by atoms with Crippen LogP contribution in [0.2, 0.25) is 5.02 Å². The summed E-state index contributed by atoms with van der Waals surface area (Å²) in [5.41, 5.74) is -1.82. The smallest absolute Gasteiger partial charge is 0.408 e. The van der Waals surface area contributed by atoms with E-state index < -0.39 is 69.2 Å². The topological polar surface area (TPSA) is 207 Å². The minimum atomic E-state index is -4.17. The maximum atomic E-state index is 14.4. The Morgan fingerprint density at radius 2 is 1.90 bits per heavy atom. The molecule has 0 radical (unpaired) electrons. The molecule has 3 heterocycles. The summed E-state index contributed by atoms with van der Waals surface area (Å²) in [4.78, 5) is 57.9. The highest BCUT2D eigenvalue weighted by atomic mass is 35.5. The first kappa shape index (κ1) is 38.9. The van der Waals surface area contributed by atoms with E-state index in [0.29, 0.717) is 35.6 Å². The highest BCUT2D eigenvalue weighted by molar-refractivity contribution is 7.87. The Labute approximate surface area is 307 Å². The van der Waals surface area contributed by atoms with Crippen molar-refractivity contribution in [3.05, 3.63) is 35.4 Å². The number of allylic oxidation sites excluding steroid dienone is 1. The number of amides is 4. The van der Waals surface area contributed by atoms with Crippen LogP contribution in [-0.4, -0.2) is 113 Å². The number of ether oxygens (including phenoxy) is 2. The number of rotatable bonds is 7. The van der Waals surface area contributed by atoms with Gasteiger partial charge in [-0.15, -0.1) is 10.2 Å². The van der Waals surface area contributed by atoms with Crippen molar-refractivity contribution in [1.29, 1.82) is 0 Å². The van der Waals surface area contributed by atoms with Gasteiger partial charge in [-0.3, -0.25) is 14.4 Å². The number of nitrogens with one attached hydrogen (secondary N) is 3. The molecule has 0 bridgehead atoms. The molecule has 2 fully saturated rings. The van der Waals surface area contributed by atoms with E-state index in [4.69, 9.17) is 21.1 Å². The maximum absolute atomic E-state index is 14.4. The number of methoxy groups -OCH3 is 1. The van der Waals surface area contributed by atoms with Gasteiger partial charge < -0.3 is 25.0 Å². The van der Waals surface area contributed by atoms with E-state index >= 15 is 0 Å². The molecular weight excluding hydrogens is 718 g/mol. The van der Waals surface area contributed by atoms with Crippen molar-refractivity contribution in [2.45, 2.75) is 95.0 Å². The Morgan fingerprint density at radius 3 is 2.58 bits per heavy atom. The lowest BCUT2D eigenvalue weighted by molar-refractivity contribution is -0.141. The summed E-state index contributed by atoms with van der Waals surface area (Å²) in [6.45, 7) is 5.11. The van der Waals surface area contributed by atoms with Gasteiger partial charge >= 0.3 is 16.3 Å². The number of hydrogen-bond donors (Lipinski definition) is 3. The fourth-order valence-corrected chi connectivity index (χ4v) is 7.17. The number of fused-ring (bicyclic) bond motifs is 2. The van der Waals surface area contributed by atoms with Crippen molar-refractivity contribution >= 4 is 45.6 Å². The van der Waals surface area contributed by atoms with Gasteiger partial charge in [0, 0.05) is 38.5 Å². The third-order valence-electron chi connectivity index (χ3n) is 9.22. The molecule has 52 heavy (non-hydrogen) atoms. The second-order valence-corrected chi connectivity index (χ2v) is 16.7. The molecule has 1 saturated carbocycles. The molecular formula is C33H46ClN9O8S. The van der Waals surface area contributed by atoms with Gasteiger partial charge in [0.05, 0.1) is 18.2 Å². The largest absolute Gasteiger partial charge is 0.495 e. The molecule has 5 rings (SSSR count). The van der Waals surface area contributed by atoms with Gasteiger partial charge in [-0.2, -0.15) is 17.5 Å². The van der Waals surface area contributed by atoms with Crippen molar-refractivity contribution < 1.29 is 37.1 Å². The number of alkyl carbamates (subject to hydrolysis) is 1. The Balaban J connectivity index is 1.48. The van der Waals surface area contributed by atoms with Gasteiger partial charge in [-0.1, -0.05) is 36.6 Å². The first-order valence-corrected chi connectivity index (χ1v) is 18.9. The Morgan fingerprint density at radius 1 is 1.15 bits per heavy atom. The Bertz CT molecular complexity index is 1830. The number of carbonyl (C=O) groups is 4. The fraction of sp³-hybridized carbons (Fsp3) is 0.606. The zero-order valence-corrected chi connectivity index (χ0v) is 31.7. The van der Waals surface area contributed by atoms with Crippen molar-refractivity contribution in [3.63, 3.8) is 0 Å². The first-order valence-electron chi connectivity index (χ1n) is 17.1. The van der Waals surface area contributed by atoms with E-state index in [0.717, 1.165) is 17.1 Å². The number of carbonyl (C=O) groups excluding carboxylic acids is 4. The van der Waals surface area contributed by atoms with Gasteiger partial charge in [0.1, 0.15) is 29.0 Å². The van der Waals surface area contributed by atoms with Crippen molar-refractivity contribution in [1.82, 2.24) is 44.8 Å². The van der Waals surface area contributed by atoms with Crippen LogP contribution < -0.4 is 20.1 Å². The lowest BCUT2D eigenvalue weighted by Gasteiger charge is -2.30. The standard InChI is InChI=1S/C33H46ClN9O8S/c1-32(2,3)51-31(47)35-24-13-11-9-7-8-10-12-21-18-33(21,30(46)39-52(48,49)41(4)5)36-28(44)25-17-22(19-42(25)29(24)45)43-38-27(37-40-43)20-14-15-26(50-6)23(34)16-20/h10,12,14-16,21-22,24-25H,7-9,11,13,17-19H2,1-6H3,(H,35,47)(H,36,44)(H,39,46)/b12-10-/t21-,22-,24-,25+,33+/m1/s1. The van der Waals surface area contributed by atoms with E-state index in [2.05, 4.69) is 30.8 Å². The van der Waals surface area contributed by atoms with E-state index in [1.165, 1.54) is 30.9 Å². The van der Waals surface area contributed by atoms with Gasteiger partial charge in [0.15, 0.2) is 0 Å². The SMILES string of the molecule is COc1ccc(-c2nnn([C@@H]3C[C@H]4C(=O)N[C@@]5(C(=O)NS(=O)(=O)N(C)C)C[C@H]5/C=C\CCCCC[C@@H](NC(=O)OC(C)(C)C)C(=O)N4C3)n2)cc1Cl. The highest BCUT2D eigenvalue weighted by Crippen LogP contribution is 2.46. The molecule has 2 aromatic rings. The number of benzene rings is 1. The molecule has 284 valence electrons. The summed E-state index contributed by atoms with van der Waals surface area (Å²) in [7, 11) is -0.112. The zero-order valence-electron chi connectivity index (χ0n) is 30.1. The second-order valence-electron chi connectivity index (χ2n) is 14.4. The molecule has 0 spiro atoms. The van der Waals surface area contributed by atoms with E-state index in [9.17, 15) is 27.6 Å². The molecule has 0 unspecified atom stereocenters. The van der Waals surface area contributed by atoms with Crippen LogP contribution in [0.5, 0.6) is 5.75 Å². The molecule has 1 aromatic heterocycles. The highest BCUT2D eigenvalue weighted by Gasteiger charge is 2.61. The van der Waals surface area contributed by atoms with Crippen LogP contribution in [-0.2, 0) is 29.3 Å². The maximum Gasteiger partial charge on any atom is 0.408 e. The summed E-state index contributed by atoms with van der Waals surface area (Å²) in [5.74, 6) is -1.83. The average molecular weight is 764 g/mol. The average Bonchev–Trinajstić information content (AvgIpc) is 3.37. The number of hydrogen-bond acceptors (Lipinski definition) is 11. The van der Waals surface area contributed by atoms with Crippen LogP contribution in [0.4, 0.5) is 4.79 Å². The van der Waals surface area contributed by atoms with Crippen molar-refractivity contribution in [2.24, 2.45) is 5.92 Å². The molecule has 17 nitrogen and oxygen atoms in total. The lowest BCUT2D eigenvalue weighted by Crippen LogP contribution is -2.58. The summed E-state index contributed by atoms with van der Waals surface area (Å²) >= 11 is 6.32. The van der Waals surface area contributed by atoms with E-state index in [1.807, 2.05) is 12.2 Å². The van der Waals surface area contributed by atoms with Gasteiger partial charge in [0.2, 0.25) is 17.6 Å². The Hall–Kier alpha value is -4.29. The van der Waals surface area contributed by atoms with Gasteiger partial charge in [-0.05, 0) is 69.9 Å². The van der Waals surface area contributed by atoms with E-state index in [1.54, 1.807) is 39.0 Å². The number of tetrazole rings is 1. The van der Waals surface area contributed by atoms with Gasteiger partial charge in [-0.25, -0.2) is 9.52 Å². The molecule has 4 amide bonds. The summed E-state index contributed by atoms with van der Waals surface area (Å²) in [6.07, 6.45) is 6.22. The molecule has 19 heteroatoms. The fourth-order valence-electron chi connectivity index (χ4n) is 6.31. The molecule has 2 aliphatic heterocycles. The van der Waals surface area contributed by atoms with E-state index in [-0.39, 0.29) is 25.2 Å². The van der Waals surface area contributed by atoms with Crippen molar-refractivity contribution in [3.8, 4) is 17.1 Å². The summed E-state index contributed by atoms with van der Waals surface area (Å²) < 4.78 is 38.9. The zero-order chi connectivity index (χ0) is 38.0. The first-order chi connectivity index (χ1) is 24.4. The minimum Gasteiger partial charge on any atom is -0.495 e. The summed E-state index contributed by atoms with van der Waals surface area (Å²) in [6, 6.07) is 2.21. The van der Waals surface area contributed by atoms with Gasteiger partial charge in [0.25, 0.3) is 5.91 Å². The second kappa shape index (κ2) is 15.4. The molecule has 5 atom stereocenters. The third-order valence-corrected chi connectivity index (χ3v) is 10.9. The minimum absolute atomic E-state index is 0.0277. The van der Waals surface area contributed by atoms with Crippen LogP contribution in [0, 0.1) is 5.92 Å². The predicted molar refractivity (Wildman–Crippen MR) is 189 cm³/mol. The number of nitrogens with zero attached hydrogens (tertiary/aromatic N) is 6. The van der Waals surface area contributed by atoms with Crippen LogP contribution in [0.25, 0.3) is 11.4 Å². The molecule has 1 aromatic carbocycles. The summed E-state index contributed by atoms with van der Waals surface area (Å²) in [5, 5.41) is 18.8. The molecule has 1 saturated heterocycles. The van der Waals surface area contributed by atoms with Crippen LogP contribution in [0.15, 0.2) is 30.4 Å². The molecule has 3 aliphatic rings. The van der Waals surface area contributed by atoms with Crippen LogP contribution in [0.3, 0.4) is 0 Å². The monoisotopic (exact) mass is 763 g/mol.